The molecule has 2 aromatic rings. The summed E-state index contributed by atoms with van der Waals surface area (Å²) in [5.74, 6) is -1.58. The third-order valence-corrected chi connectivity index (χ3v) is 2.80. The van der Waals surface area contributed by atoms with Crippen LogP contribution in [0.4, 0.5) is 13.2 Å². The molecular formula is C14H11F3N2O3. The van der Waals surface area contributed by atoms with Gasteiger partial charge in [0.1, 0.15) is 11.4 Å². The van der Waals surface area contributed by atoms with Crippen LogP contribution in [0.25, 0.3) is 11.3 Å². The molecule has 0 saturated heterocycles. The Kier molecular flexibility index (Phi) is 4.30. The SMILES string of the molecule is CC(Oc1cc(C(=O)O)cnc1-c1cccnc1)C(F)(F)F. The van der Waals surface area contributed by atoms with Crippen LogP contribution in [0.5, 0.6) is 5.75 Å². The summed E-state index contributed by atoms with van der Waals surface area (Å²) in [6.07, 6.45) is -2.74. The molecule has 0 amide bonds. The van der Waals surface area contributed by atoms with Gasteiger partial charge in [0.2, 0.25) is 0 Å². The molecular weight excluding hydrogens is 301 g/mol. The van der Waals surface area contributed by atoms with E-state index in [9.17, 15) is 18.0 Å². The van der Waals surface area contributed by atoms with Crippen LogP contribution in [0, 0.1) is 0 Å². The Morgan fingerprint density at radius 3 is 2.64 bits per heavy atom. The fourth-order valence-electron chi connectivity index (χ4n) is 1.63. The molecule has 1 N–H and O–H groups in total. The number of hydrogen-bond acceptors (Lipinski definition) is 4. The van der Waals surface area contributed by atoms with Crippen LogP contribution < -0.4 is 4.74 Å². The van der Waals surface area contributed by atoms with Gasteiger partial charge < -0.3 is 9.84 Å². The van der Waals surface area contributed by atoms with E-state index in [0.29, 0.717) is 5.56 Å². The van der Waals surface area contributed by atoms with Crippen molar-refractivity contribution in [1.29, 1.82) is 0 Å². The minimum atomic E-state index is -4.58. The highest BCUT2D eigenvalue weighted by Crippen LogP contribution is 2.32. The normalized spacial score (nSPS) is 12.7. The van der Waals surface area contributed by atoms with Gasteiger partial charge in [0.25, 0.3) is 0 Å². The van der Waals surface area contributed by atoms with Gasteiger partial charge in [-0.05, 0) is 25.1 Å². The molecule has 0 aromatic carbocycles. The van der Waals surface area contributed by atoms with E-state index in [1.165, 1.54) is 12.4 Å². The van der Waals surface area contributed by atoms with Gasteiger partial charge in [0.05, 0.1) is 5.56 Å². The summed E-state index contributed by atoms with van der Waals surface area (Å²) in [6, 6.07) is 4.18. The first-order valence-electron chi connectivity index (χ1n) is 6.16. The first-order chi connectivity index (χ1) is 10.3. The van der Waals surface area contributed by atoms with Crippen molar-refractivity contribution >= 4 is 5.97 Å². The summed E-state index contributed by atoms with van der Waals surface area (Å²) < 4.78 is 42.8. The molecule has 8 heteroatoms. The lowest BCUT2D eigenvalue weighted by Gasteiger charge is -2.19. The first-order valence-corrected chi connectivity index (χ1v) is 6.16. The number of aromatic nitrogens is 2. The largest absolute Gasteiger partial charge is 0.479 e. The number of aromatic carboxylic acids is 1. The number of hydrogen-bond donors (Lipinski definition) is 1. The highest BCUT2D eigenvalue weighted by atomic mass is 19.4. The standard InChI is InChI=1S/C14H11F3N2O3/c1-8(14(15,16)17)22-11-5-10(13(20)21)7-19-12(11)9-3-2-4-18-6-9/h2-8H,1H3,(H,20,21). The number of pyridine rings is 2. The zero-order valence-corrected chi connectivity index (χ0v) is 11.3. The van der Waals surface area contributed by atoms with Crippen molar-refractivity contribution in [3.8, 4) is 17.0 Å². The Morgan fingerprint density at radius 2 is 2.09 bits per heavy atom. The third-order valence-electron chi connectivity index (χ3n) is 2.80. The van der Waals surface area contributed by atoms with Crippen molar-refractivity contribution in [3.63, 3.8) is 0 Å². The smallest absolute Gasteiger partial charge is 0.425 e. The average Bonchev–Trinajstić information content (AvgIpc) is 2.47. The molecule has 0 aliphatic heterocycles. The lowest BCUT2D eigenvalue weighted by atomic mass is 10.1. The maximum Gasteiger partial charge on any atom is 0.425 e. The Balaban J connectivity index is 2.47. The van der Waals surface area contributed by atoms with Crippen LogP contribution in [0.1, 0.15) is 17.3 Å². The zero-order chi connectivity index (χ0) is 16.3. The van der Waals surface area contributed by atoms with Crippen LogP contribution >= 0.6 is 0 Å². The molecule has 0 aliphatic rings. The third kappa shape index (κ3) is 3.51. The molecule has 0 fully saturated rings. The van der Waals surface area contributed by atoms with Crippen LogP contribution in [-0.4, -0.2) is 33.3 Å². The molecule has 0 aliphatic carbocycles. The van der Waals surface area contributed by atoms with Crippen molar-refractivity contribution in [2.45, 2.75) is 19.2 Å². The predicted molar refractivity (Wildman–Crippen MR) is 70.6 cm³/mol. The van der Waals surface area contributed by atoms with E-state index >= 15 is 0 Å². The molecule has 2 heterocycles. The van der Waals surface area contributed by atoms with Gasteiger partial charge in [-0.3, -0.25) is 9.97 Å². The molecule has 0 bridgehead atoms. The molecule has 1 unspecified atom stereocenters. The van der Waals surface area contributed by atoms with E-state index in [0.717, 1.165) is 19.2 Å². The lowest BCUT2D eigenvalue weighted by Crippen LogP contribution is -2.31. The number of ether oxygens (including phenoxy) is 1. The number of carbonyl (C=O) groups is 1. The number of nitrogens with zero attached hydrogens (tertiary/aromatic N) is 2. The Bertz CT molecular complexity index is 675. The van der Waals surface area contributed by atoms with E-state index < -0.39 is 18.2 Å². The highest BCUT2D eigenvalue weighted by molar-refractivity contribution is 5.88. The van der Waals surface area contributed by atoms with E-state index in [2.05, 4.69) is 9.97 Å². The number of carboxylic acids is 1. The number of alkyl halides is 3. The maximum atomic E-state index is 12.7. The molecule has 116 valence electrons. The minimum absolute atomic E-state index is 0.0919. The minimum Gasteiger partial charge on any atom is -0.479 e. The second-order valence-electron chi connectivity index (χ2n) is 4.42. The van der Waals surface area contributed by atoms with E-state index in [-0.39, 0.29) is 17.0 Å². The van der Waals surface area contributed by atoms with Crippen molar-refractivity contribution in [1.82, 2.24) is 9.97 Å². The molecule has 0 radical (unpaired) electrons. The van der Waals surface area contributed by atoms with Crippen molar-refractivity contribution in [2.75, 3.05) is 0 Å². The molecule has 22 heavy (non-hydrogen) atoms. The van der Waals surface area contributed by atoms with Crippen molar-refractivity contribution in [2.24, 2.45) is 0 Å². The Morgan fingerprint density at radius 1 is 1.36 bits per heavy atom. The van der Waals surface area contributed by atoms with Gasteiger partial charge in [-0.15, -0.1) is 0 Å². The van der Waals surface area contributed by atoms with Crippen LogP contribution in [0.3, 0.4) is 0 Å². The summed E-state index contributed by atoms with van der Waals surface area (Å²) in [5.41, 5.74) is 0.245. The van der Waals surface area contributed by atoms with Gasteiger partial charge in [0.15, 0.2) is 6.10 Å². The Labute approximate surface area is 123 Å². The summed E-state index contributed by atoms with van der Waals surface area (Å²) in [7, 11) is 0. The fraction of sp³-hybridized carbons (Fsp3) is 0.214. The van der Waals surface area contributed by atoms with Crippen molar-refractivity contribution < 1.29 is 27.8 Å². The van der Waals surface area contributed by atoms with E-state index in [1.54, 1.807) is 12.1 Å². The van der Waals surface area contributed by atoms with Crippen LogP contribution in [0.15, 0.2) is 36.8 Å². The number of rotatable bonds is 4. The van der Waals surface area contributed by atoms with Gasteiger partial charge in [-0.1, -0.05) is 0 Å². The highest BCUT2D eigenvalue weighted by Gasteiger charge is 2.38. The summed E-state index contributed by atoms with van der Waals surface area (Å²) in [5, 5.41) is 8.93. The van der Waals surface area contributed by atoms with E-state index in [1.807, 2.05) is 0 Å². The first kappa shape index (κ1) is 15.7. The van der Waals surface area contributed by atoms with Crippen molar-refractivity contribution in [3.05, 3.63) is 42.4 Å². The zero-order valence-electron chi connectivity index (χ0n) is 11.3. The second kappa shape index (κ2) is 6.00. The summed E-state index contributed by atoms with van der Waals surface area (Å²) in [4.78, 5) is 18.7. The predicted octanol–water partition coefficient (Wildman–Crippen LogP) is 3.17. The van der Waals surface area contributed by atoms with Gasteiger partial charge in [-0.2, -0.15) is 13.2 Å². The molecule has 2 rings (SSSR count). The molecule has 0 spiro atoms. The molecule has 0 saturated carbocycles. The number of halogens is 3. The summed E-state index contributed by atoms with van der Waals surface area (Å²) >= 11 is 0. The molecule has 5 nitrogen and oxygen atoms in total. The fourth-order valence-corrected chi connectivity index (χ4v) is 1.63. The number of carboxylic acid groups (broad SMARTS) is 1. The second-order valence-corrected chi connectivity index (χ2v) is 4.42. The molecule has 2 aromatic heterocycles. The van der Waals surface area contributed by atoms with Crippen LogP contribution in [-0.2, 0) is 0 Å². The van der Waals surface area contributed by atoms with Gasteiger partial charge in [-0.25, -0.2) is 4.79 Å². The topological polar surface area (TPSA) is 72.3 Å². The quantitative estimate of drug-likeness (QED) is 0.939. The maximum absolute atomic E-state index is 12.7. The average molecular weight is 312 g/mol. The van der Waals surface area contributed by atoms with Crippen LogP contribution in [0.2, 0.25) is 0 Å². The monoisotopic (exact) mass is 312 g/mol. The Hall–Kier alpha value is -2.64. The summed E-state index contributed by atoms with van der Waals surface area (Å²) in [6.45, 7) is 0.834. The van der Waals surface area contributed by atoms with E-state index in [4.69, 9.17) is 9.84 Å². The van der Waals surface area contributed by atoms with Gasteiger partial charge in [0, 0.05) is 24.2 Å². The van der Waals surface area contributed by atoms with Gasteiger partial charge >= 0.3 is 12.1 Å². The lowest BCUT2D eigenvalue weighted by molar-refractivity contribution is -0.189. The molecule has 1 atom stereocenters.